The van der Waals surface area contributed by atoms with E-state index < -0.39 is 0 Å². The summed E-state index contributed by atoms with van der Waals surface area (Å²) in [6.45, 7) is 4.49. The molecule has 184 valence electrons. The third kappa shape index (κ3) is 7.20. The molecular formula is C34H41F. The van der Waals surface area contributed by atoms with E-state index >= 15 is 0 Å². The van der Waals surface area contributed by atoms with Gasteiger partial charge in [-0.2, -0.15) is 0 Å². The molecule has 0 nitrogen and oxygen atoms in total. The summed E-state index contributed by atoms with van der Waals surface area (Å²) >= 11 is 0. The molecule has 0 N–H and O–H groups in total. The molecule has 3 aromatic carbocycles. The number of halogens is 1. The Balaban J connectivity index is 1.33. The number of aryl methyl sites for hydroxylation is 2. The normalized spacial score (nSPS) is 17.8. The quantitative estimate of drug-likeness (QED) is 0.216. The number of benzene rings is 3. The van der Waals surface area contributed by atoms with Crippen LogP contribution in [0.3, 0.4) is 0 Å². The Labute approximate surface area is 212 Å². The van der Waals surface area contributed by atoms with E-state index in [2.05, 4.69) is 50.0 Å². The maximum atomic E-state index is 14.9. The molecule has 0 bridgehead atoms. The molecule has 35 heavy (non-hydrogen) atoms. The summed E-state index contributed by atoms with van der Waals surface area (Å²) in [4.78, 5) is 0. The van der Waals surface area contributed by atoms with Crippen molar-refractivity contribution in [1.29, 1.82) is 0 Å². The summed E-state index contributed by atoms with van der Waals surface area (Å²) in [7, 11) is 0. The minimum atomic E-state index is -0.0669. The zero-order valence-electron chi connectivity index (χ0n) is 21.7. The fourth-order valence-corrected chi connectivity index (χ4v) is 5.66. The smallest absolute Gasteiger partial charge is 0.134 e. The average molecular weight is 469 g/mol. The standard InChI is InChI=1S/C34H41F/c1-3-5-6-8-31-22-23-32-25-30(21-24-33(32)34(31)35)20-19-29-17-15-28(16-18-29)14-13-27-11-9-26(7-4-2)10-12-27/h15-18,21-27H,3-14H2,1-2H3. The summed E-state index contributed by atoms with van der Waals surface area (Å²) < 4.78 is 14.9. The molecule has 1 aliphatic rings. The number of unbranched alkanes of at least 4 members (excludes halogenated alkanes) is 2. The molecule has 1 saturated carbocycles. The lowest BCUT2D eigenvalue weighted by molar-refractivity contribution is 0.252. The van der Waals surface area contributed by atoms with Crippen LogP contribution in [0.5, 0.6) is 0 Å². The molecule has 0 unspecified atom stereocenters. The van der Waals surface area contributed by atoms with Crippen molar-refractivity contribution < 1.29 is 4.39 Å². The van der Waals surface area contributed by atoms with Gasteiger partial charge in [-0.15, -0.1) is 0 Å². The Morgan fingerprint density at radius 3 is 2.11 bits per heavy atom. The van der Waals surface area contributed by atoms with Crippen LogP contribution < -0.4 is 0 Å². The van der Waals surface area contributed by atoms with Gasteiger partial charge < -0.3 is 0 Å². The highest BCUT2D eigenvalue weighted by Gasteiger charge is 2.20. The van der Waals surface area contributed by atoms with Gasteiger partial charge in [-0.25, -0.2) is 4.39 Å². The molecule has 1 aliphatic carbocycles. The first-order valence-corrected chi connectivity index (χ1v) is 14.0. The van der Waals surface area contributed by atoms with E-state index in [1.165, 1.54) is 56.9 Å². The Morgan fingerprint density at radius 2 is 1.40 bits per heavy atom. The summed E-state index contributed by atoms with van der Waals surface area (Å²) in [5.41, 5.74) is 4.21. The van der Waals surface area contributed by atoms with E-state index in [1.807, 2.05) is 30.3 Å². The van der Waals surface area contributed by atoms with Gasteiger partial charge in [-0.3, -0.25) is 0 Å². The van der Waals surface area contributed by atoms with E-state index in [-0.39, 0.29) is 5.82 Å². The second-order valence-electron chi connectivity index (χ2n) is 10.6. The highest BCUT2D eigenvalue weighted by molar-refractivity contribution is 5.85. The Morgan fingerprint density at radius 1 is 0.714 bits per heavy atom. The van der Waals surface area contributed by atoms with Gasteiger partial charge >= 0.3 is 0 Å². The predicted molar refractivity (Wildman–Crippen MR) is 148 cm³/mol. The van der Waals surface area contributed by atoms with Gasteiger partial charge in [0, 0.05) is 16.5 Å². The molecule has 0 atom stereocenters. The van der Waals surface area contributed by atoms with Gasteiger partial charge in [-0.1, -0.05) is 107 Å². The zero-order valence-corrected chi connectivity index (χ0v) is 21.7. The van der Waals surface area contributed by atoms with Crippen molar-refractivity contribution in [2.45, 2.75) is 90.9 Å². The number of hydrogen-bond donors (Lipinski definition) is 0. The van der Waals surface area contributed by atoms with Crippen molar-refractivity contribution in [2.24, 2.45) is 11.8 Å². The van der Waals surface area contributed by atoms with Crippen LogP contribution in [-0.4, -0.2) is 0 Å². The van der Waals surface area contributed by atoms with E-state index in [4.69, 9.17) is 0 Å². The van der Waals surface area contributed by atoms with Gasteiger partial charge in [0.2, 0.25) is 0 Å². The van der Waals surface area contributed by atoms with Crippen molar-refractivity contribution in [3.8, 4) is 11.8 Å². The lowest BCUT2D eigenvalue weighted by Crippen LogP contribution is -2.15. The summed E-state index contributed by atoms with van der Waals surface area (Å²) in [5.74, 6) is 8.40. The van der Waals surface area contributed by atoms with Crippen molar-refractivity contribution in [2.75, 3.05) is 0 Å². The summed E-state index contributed by atoms with van der Waals surface area (Å²) in [6, 6.07) is 18.6. The first-order chi connectivity index (χ1) is 17.2. The second-order valence-corrected chi connectivity index (χ2v) is 10.6. The second kappa shape index (κ2) is 12.9. The molecule has 0 aliphatic heterocycles. The molecule has 0 saturated heterocycles. The maximum Gasteiger partial charge on any atom is 0.134 e. The van der Waals surface area contributed by atoms with Gasteiger partial charge in [0.05, 0.1) is 0 Å². The van der Waals surface area contributed by atoms with E-state index in [0.717, 1.165) is 59.6 Å². The van der Waals surface area contributed by atoms with Gasteiger partial charge in [0.1, 0.15) is 5.82 Å². The van der Waals surface area contributed by atoms with Crippen molar-refractivity contribution >= 4 is 10.8 Å². The molecule has 0 spiro atoms. The minimum Gasteiger partial charge on any atom is -0.206 e. The highest BCUT2D eigenvalue weighted by Crippen LogP contribution is 2.33. The molecule has 0 heterocycles. The molecule has 4 rings (SSSR count). The Kier molecular flexibility index (Phi) is 9.42. The predicted octanol–water partition coefficient (Wildman–Crippen LogP) is 9.65. The molecule has 0 amide bonds. The summed E-state index contributed by atoms with van der Waals surface area (Å²) in [6.07, 6.45) is 15.1. The van der Waals surface area contributed by atoms with Crippen LogP contribution in [0.4, 0.5) is 4.39 Å². The molecule has 0 aromatic heterocycles. The average Bonchev–Trinajstić information content (AvgIpc) is 2.89. The SMILES string of the molecule is CCCCCc1ccc2cc(C#Cc3ccc(CCC4CCC(CCC)CC4)cc3)ccc2c1F. The minimum absolute atomic E-state index is 0.0669. The van der Waals surface area contributed by atoms with Crippen molar-refractivity contribution in [3.63, 3.8) is 0 Å². The van der Waals surface area contributed by atoms with E-state index in [0.29, 0.717) is 5.39 Å². The van der Waals surface area contributed by atoms with Crippen LogP contribution in [0.2, 0.25) is 0 Å². The summed E-state index contributed by atoms with van der Waals surface area (Å²) in [5, 5.41) is 1.63. The van der Waals surface area contributed by atoms with Gasteiger partial charge in [-0.05, 0) is 78.3 Å². The molecular weight excluding hydrogens is 427 g/mol. The third-order valence-electron chi connectivity index (χ3n) is 7.89. The fraction of sp³-hybridized carbons (Fsp3) is 0.471. The van der Waals surface area contributed by atoms with Crippen LogP contribution >= 0.6 is 0 Å². The largest absolute Gasteiger partial charge is 0.206 e. The van der Waals surface area contributed by atoms with Gasteiger partial charge in [0.25, 0.3) is 0 Å². The van der Waals surface area contributed by atoms with Crippen LogP contribution in [-0.2, 0) is 12.8 Å². The van der Waals surface area contributed by atoms with Crippen molar-refractivity contribution in [1.82, 2.24) is 0 Å². The van der Waals surface area contributed by atoms with Crippen molar-refractivity contribution in [3.05, 3.63) is 82.7 Å². The molecule has 0 radical (unpaired) electrons. The van der Waals surface area contributed by atoms with Crippen LogP contribution in [0.1, 0.15) is 100 Å². The first kappa shape index (κ1) is 25.5. The molecule has 1 heteroatoms. The Hall–Kier alpha value is -2.59. The lowest BCUT2D eigenvalue weighted by Gasteiger charge is -2.28. The molecule has 1 fully saturated rings. The third-order valence-corrected chi connectivity index (χ3v) is 7.89. The monoisotopic (exact) mass is 468 g/mol. The number of rotatable bonds is 9. The fourth-order valence-electron chi connectivity index (χ4n) is 5.66. The lowest BCUT2D eigenvalue weighted by atomic mass is 9.78. The molecule has 3 aromatic rings. The highest BCUT2D eigenvalue weighted by atomic mass is 19.1. The van der Waals surface area contributed by atoms with E-state index in [1.54, 1.807) is 0 Å². The van der Waals surface area contributed by atoms with Crippen LogP contribution in [0, 0.1) is 29.5 Å². The number of fused-ring (bicyclic) bond motifs is 1. The number of hydrogen-bond acceptors (Lipinski definition) is 0. The Bertz CT molecular complexity index is 1140. The topological polar surface area (TPSA) is 0 Å². The first-order valence-electron chi connectivity index (χ1n) is 14.0. The van der Waals surface area contributed by atoms with Crippen LogP contribution in [0.25, 0.3) is 10.8 Å². The van der Waals surface area contributed by atoms with Gasteiger partial charge in [0.15, 0.2) is 0 Å². The zero-order chi connectivity index (χ0) is 24.5. The van der Waals surface area contributed by atoms with E-state index in [9.17, 15) is 4.39 Å². The maximum absolute atomic E-state index is 14.9. The van der Waals surface area contributed by atoms with Crippen LogP contribution in [0.15, 0.2) is 54.6 Å².